The van der Waals surface area contributed by atoms with Crippen LogP contribution in [0.3, 0.4) is 0 Å². The van der Waals surface area contributed by atoms with Crippen LogP contribution in [-0.4, -0.2) is 17.0 Å². The first-order valence-corrected chi connectivity index (χ1v) is 6.01. The van der Waals surface area contributed by atoms with E-state index in [1.165, 1.54) is 36.4 Å². The molecule has 2 atom stereocenters. The van der Waals surface area contributed by atoms with Crippen molar-refractivity contribution in [1.82, 2.24) is 4.37 Å². The summed E-state index contributed by atoms with van der Waals surface area (Å²) in [6.45, 7) is 3.31. The predicted octanol–water partition coefficient (Wildman–Crippen LogP) is 2.02. The quantitative estimate of drug-likeness (QED) is 0.769. The normalized spacial score (nSPS) is 30.2. The van der Waals surface area contributed by atoms with Crippen molar-refractivity contribution in [2.75, 3.05) is 17.2 Å². The van der Waals surface area contributed by atoms with Crippen LogP contribution in [0.25, 0.3) is 0 Å². The highest BCUT2D eigenvalue weighted by molar-refractivity contribution is 7.10. The molecule has 1 aromatic heterocycles. The minimum atomic E-state index is 0.716. The molecule has 1 saturated carbocycles. The van der Waals surface area contributed by atoms with Crippen LogP contribution < -0.4 is 10.6 Å². The van der Waals surface area contributed by atoms with Gasteiger partial charge in [-0.15, -0.1) is 0 Å². The van der Waals surface area contributed by atoms with Crippen molar-refractivity contribution < 1.29 is 0 Å². The van der Waals surface area contributed by atoms with Gasteiger partial charge in [0, 0.05) is 18.2 Å². The van der Waals surface area contributed by atoms with Gasteiger partial charge in [-0.25, -0.2) is 0 Å². The Morgan fingerprint density at radius 2 is 2.36 bits per heavy atom. The molecule has 1 aliphatic heterocycles. The monoisotopic (exact) mass is 209 g/mol. The molecule has 3 rings (SSSR count). The second-order valence-corrected chi connectivity index (χ2v) is 5.24. The number of nitrogen functional groups attached to an aromatic ring is 1. The van der Waals surface area contributed by atoms with Crippen molar-refractivity contribution in [2.24, 2.45) is 5.92 Å². The van der Waals surface area contributed by atoms with Crippen LogP contribution >= 0.6 is 11.5 Å². The Kier molecular flexibility index (Phi) is 1.74. The highest BCUT2D eigenvalue weighted by Crippen LogP contribution is 2.43. The highest BCUT2D eigenvalue weighted by Gasteiger charge is 2.39. The number of piperidine rings is 1. The molecule has 76 valence electrons. The number of nitrogens with zero attached hydrogens (tertiary/aromatic N) is 2. The standard InChI is InChI=1S/C10H15N3S/c1-6-9(11)12-14-10(6)13-5-7-2-3-8(13)4-7/h7-8H,2-5H2,1H3,(H2,11,12). The molecular formula is C10H15N3S. The summed E-state index contributed by atoms with van der Waals surface area (Å²) in [4.78, 5) is 2.53. The maximum Gasteiger partial charge on any atom is 0.142 e. The van der Waals surface area contributed by atoms with Gasteiger partial charge in [-0.2, -0.15) is 4.37 Å². The molecule has 1 aromatic rings. The molecule has 0 aromatic carbocycles. The zero-order valence-corrected chi connectivity index (χ0v) is 9.18. The molecule has 1 saturated heterocycles. The summed E-state index contributed by atoms with van der Waals surface area (Å²) in [7, 11) is 0. The molecule has 0 spiro atoms. The fourth-order valence-corrected chi connectivity index (χ4v) is 3.67. The van der Waals surface area contributed by atoms with Gasteiger partial charge >= 0.3 is 0 Å². The Morgan fingerprint density at radius 1 is 1.50 bits per heavy atom. The van der Waals surface area contributed by atoms with E-state index in [0.29, 0.717) is 5.82 Å². The van der Waals surface area contributed by atoms with E-state index in [9.17, 15) is 0 Å². The first-order chi connectivity index (χ1) is 6.75. The Balaban J connectivity index is 1.93. The Morgan fingerprint density at radius 3 is 2.86 bits per heavy atom. The van der Waals surface area contributed by atoms with E-state index in [1.807, 2.05) is 0 Å². The summed E-state index contributed by atoms with van der Waals surface area (Å²) in [5, 5.41) is 1.31. The van der Waals surface area contributed by atoms with Crippen LogP contribution in [0, 0.1) is 12.8 Å². The highest BCUT2D eigenvalue weighted by atomic mass is 32.1. The third kappa shape index (κ3) is 1.06. The van der Waals surface area contributed by atoms with Gasteiger partial charge < -0.3 is 10.6 Å². The van der Waals surface area contributed by atoms with E-state index >= 15 is 0 Å². The fraction of sp³-hybridized carbons (Fsp3) is 0.700. The van der Waals surface area contributed by atoms with Crippen LogP contribution in [-0.2, 0) is 0 Å². The molecule has 1 aliphatic carbocycles. The summed E-state index contributed by atoms with van der Waals surface area (Å²) in [5.74, 6) is 1.65. The smallest absolute Gasteiger partial charge is 0.142 e. The maximum atomic E-state index is 5.78. The fourth-order valence-electron chi connectivity index (χ4n) is 2.78. The zero-order chi connectivity index (χ0) is 9.71. The molecular weight excluding hydrogens is 194 g/mol. The molecule has 2 bridgehead atoms. The lowest BCUT2D eigenvalue weighted by Crippen LogP contribution is -2.31. The summed E-state index contributed by atoms with van der Waals surface area (Å²) < 4.78 is 4.22. The van der Waals surface area contributed by atoms with Gasteiger partial charge in [0.1, 0.15) is 10.8 Å². The number of aromatic nitrogens is 1. The second-order valence-electron chi connectivity index (χ2n) is 4.48. The van der Waals surface area contributed by atoms with Crippen molar-refractivity contribution in [1.29, 1.82) is 0 Å². The van der Waals surface area contributed by atoms with Gasteiger partial charge in [-0.3, -0.25) is 0 Å². The van der Waals surface area contributed by atoms with Crippen LogP contribution in [0.4, 0.5) is 10.8 Å². The van der Waals surface area contributed by atoms with E-state index in [1.54, 1.807) is 11.5 Å². The molecule has 2 aliphatic rings. The molecule has 4 heteroatoms. The lowest BCUT2D eigenvalue weighted by atomic mass is 10.1. The van der Waals surface area contributed by atoms with Gasteiger partial charge in [0.05, 0.1) is 0 Å². The van der Waals surface area contributed by atoms with Crippen LogP contribution in [0.5, 0.6) is 0 Å². The molecule has 0 amide bonds. The molecule has 2 heterocycles. The van der Waals surface area contributed by atoms with Crippen molar-refractivity contribution in [2.45, 2.75) is 32.2 Å². The molecule has 14 heavy (non-hydrogen) atoms. The van der Waals surface area contributed by atoms with Crippen molar-refractivity contribution in [3.8, 4) is 0 Å². The van der Waals surface area contributed by atoms with E-state index in [2.05, 4.69) is 16.2 Å². The summed E-state index contributed by atoms with van der Waals surface area (Å²) in [6.07, 6.45) is 4.17. The van der Waals surface area contributed by atoms with Crippen molar-refractivity contribution in [3.05, 3.63) is 5.56 Å². The predicted molar refractivity (Wildman–Crippen MR) is 59.7 cm³/mol. The average molecular weight is 209 g/mol. The third-order valence-corrected chi connectivity index (χ3v) is 4.61. The van der Waals surface area contributed by atoms with Crippen molar-refractivity contribution in [3.63, 3.8) is 0 Å². The van der Waals surface area contributed by atoms with Gasteiger partial charge in [-0.1, -0.05) is 0 Å². The van der Waals surface area contributed by atoms with Gasteiger partial charge in [0.2, 0.25) is 0 Å². The van der Waals surface area contributed by atoms with E-state index in [4.69, 9.17) is 5.73 Å². The first kappa shape index (κ1) is 8.53. The lowest BCUT2D eigenvalue weighted by molar-refractivity contribution is 0.555. The summed E-state index contributed by atoms with van der Waals surface area (Å²) in [6, 6.07) is 0.776. The van der Waals surface area contributed by atoms with E-state index < -0.39 is 0 Å². The molecule has 0 radical (unpaired) electrons. The minimum absolute atomic E-state index is 0.716. The number of nitrogens with two attached hydrogens (primary N) is 1. The van der Waals surface area contributed by atoms with Gasteiger partial charge in [-0.05, 0) is 43.6 Å². The Labute approximate surface area is 88.1 Å². The summed E-state index contributed by atoms with van der Waals surface area (Å²) in [5.41, 5.74) is 6.96. The zero-order valence-electron chi connectivity index (χ0n) is 8.36. The molecule has 2 fully saturated rings. The van der Waals surface area contributed by atoms with Crippen LogP contribution in [0.2, 0.25) is 0 Å². The summed E-state index contributed by atoms with van der Waals surface area (Å²) >= 11 is 1.56. The van der Waals surface area contributed by atoms with E-state index in [0.717, 1.165) is 12.0 Å². The van der Waals surface area contributed by atoms with E-state index in [-0.39, 0.29) is 0 Å². The number of rotatable bonds is 1. The first-order valence-electron chi connectivity index (χ1n) is 5.24. The molecule has 2 unspecified atom stereocenters. The third-order valence-electron chi connectivity index (χ3n) is 3.61. The lowest BCUT2D eigenvalue weighted by Gasteiger charge is -2.27. The molecule has 3 nitrogen and oxygen atoms in total. The maximum absolute atomic E-state index is 5.78. The topological polar surface area (TPSA) is 42.1 Å². The Hall–Kier alpha value is -0.770. The Bertz CT molecular complexity index is 360. The van der Waals surface area contributed by atoms with Crippen LogP contribution in [0.1, 0.15) is 24.8 Å². The SMILES string of the molecule is Cc1c(N)nsc1N1CC2CCC1C2. The minimum Gasteiger partial charge on any atom is -0.383 e. The van der Waals surface area contributed by atoms with Crippen LogP contribution in [0.15, 0.2) is 0 Å². The van der Waals surface area contributed by atoms with Gasteiger partial charge in [0.25, 0.3) is 0 Å². The second kappa shape index (κ2) is 2.86. The number of hydrogen-bond donors (Lipinski definition) is 1. The largest absolute Gasteiger partial charge is 0.383 e. The average Bonchev–Trinajstić information content (AvgIpc) is 2.84. The van der Waals surface area contributed by atoms with Gasteiger partial charge in [0.15, 0.2) is 0 Å². The molecule has 2 N–H and O–H groups in total. The number of hydrogen-bond acceptors (Lipinski definition) is 4. The van der Waals surface area contributed by atoms with Crippen molar-refractivity contribution >= 4 is 22.4 Å². The number of fused-ring (bicyclic) bond motifs is 2. The number of anilines is 2.